The van der Waals surface area contributed by atoms with Gasteiger partial charge in [0.2, 0.25) is 0 Å². The molecule has 0 aliphatic carbocycles. The van der Waals surface area contributed by atoms with Gasteiger partial charge in [0.1, 0.15) is 17.4 Å². The van der Waals surface area contributed by atoms with E-state index in [4.69, 9.17) is 4.42 Å². The van der Waals surface area contributed by atoms with Gasteiger partial charge >= 0.3 is 0 Å². The van der Waals surface area contributed by atoms with E-state index in [2.05, 4.69) is 56.1 Å². The molecule has 1 aliphatic heterocycles. The second-order valence-electron chi connectivity index (χ2n) is 6.62. The van der Waals surface area contributed by atoms with Crippen LogP contribution in [0.25, 0.3) is 0 Å². The van der Waals surface area contributed by atoms with Gasteiger partial charge in [0.05, 0.1) is 6.26 Å². The van der Waals surface area contributed by atoms with Crippen molar-refractivity contribution >= 4 is 0 Å². The molecule has 3 heterocycles. The number of nitrogens with zero attached hydrogens (tertiary/aromatic N) is 4. The lowest BCUT2D eigenvalue weighted by atomic mass is 10.1. The number of benzene rings is 1. The van der Waals surface area contributed by atoms with E-state index in [9.17, 15) is 0 Å². The molecule has 25 heavy (non-hydrogen) atoms. The highest BCUT2D eigenvalue weighted by atomic mass is 16.3. The van der Waals surface area contributed by atoms with Gasteiger partial charge in [-0.25, -0.2) is 0 Å². The summed E-state index contributed by atoms with van der Waals surface area (Å²) in [4.78, 5) is 2.53. The third-order valence-corrected chi connectivity index (χ3v) is 4.88. The van der Waals surface area contributed by atoms with E-state index in [1.165, 1.54) is 5.56 Å². The second-order valence-corrected chi connectivity index (χ2v) is 6.62. The van der Waals surface area contributed by atoms with Crippen LogP contribution in [0.4, 0.5) is 0 Å². The van der Waals surface area contributed by atoms with E-state index in [1.807, 2.05) is 6.07 Å². The first kappa shape index (κ1) is 16.1. The van der Waals surface area contributed by atoms with Crippen LogP contribution in [0.3, 0.4) is 0 Å². The molecule has 0 spiro atoms. The Labute approximate surface area is 148 Å². The summed E-state index contributed by atoms with van der Waals surface area (Å²) in [6.45, 7) is 4.20. The smallest absolute Gasteiger partial charge is 0.137 e. The lowest BCUT2D eigenvalue weighted by Crippen LogP contribution is -2.28. The Bertz CT molecular complexity index is 779. The molecule has 5 nitrogen and oxygen atoms in total. The van der Waals surface area contributed by atoms with Crippen molar-refractivity contribution in [3.8, 4) is 0 Å². The van der Waals surface area contributed by atoms with Gasteiger partial charge < -0.3 is 13.9 Å². The van der Waals surface area contributed by atoms with E-state index >= 15 is 0 Å². The summed E-state index contributed by atoms with van der Waals surface area (Å²) < 4.78 is 7.74. The Morgan fingerprint density at radius 3 is 2.72 bits per heavy atom. The van der Waals surface area contributed by atoms with Crippen LogP contribution in [0.15, 0.2) is 53.1 Å². The van der Waals surface area contributed by atoms with Crippen LogP contribution in [0.5, 0.6) is 0 Å². The zero-order valence-corrected chi connectivity index (χ0v) is 14.5. The summed E-state index contributed by atoms with van der Waals surface area (Å²) in [7, 11) is 0. The topological polar surface area (TPSA) is 47.1 Å². The Morgan fingerprint density at radius 1 is 0.960 bits per heavy atom. The largest absolute Gasteiger partial charge is 0.469 e. The Kier molecular flexibility index (Phi) is 4.93. The predicted molar refractivity (Wildman–Crippen MR) is 96.4 cm³/mol. The van der Waals surface area contributed by atoms with E-state index in [0.717, 1.165) is 69.3 Å². The molecular formula is C20H24N4O. The van der Waals surface area contributed by atoms with Crippen molar-refractivity contribution in [2.75, 3.05) is 19.6 Å². The molecule has 0 bridgehead atoms. The van der Waals surface area contributed by atoms with Crippen molar-refractivity contribution < 1.29 is 4.42 Å². The minimum Gasteiger partial charge on any atom is -0.469 e. The molecule has 1 aliphatic rings. The maximum Gasteiger partial charge on any atom is 0.137 e. The van der Waals surface area contributed by atoms with Crippen molar-refractivity contribution in [3.63, 3.8) is 0 Å². The monoisotopic (exact) mass is 336 g/mol. The Hall–Kier alpha value is -2.40. The highest BCUT2D eigenvalue weighted by molar-refractivity contribution is 5.19. The van der Waals surface area contributed by atoms with Gasteiger partial charge in [-0.05, 0) is 30.7 Å². The Morgan fingerprint density at radius 2 is 1.88 bits per heavy atom. The van der Waals surface area contributed by atoms with Crippen molar-refractivity contribution in [3.05, 3.63) is 71.7 Å². The van der Waals surface area contributed by atoms with Crippen LogP contribution in [0.1, 0.15) is 29.4 Å². The fourth-order valence-corrected chi connectivity index (χ4v) is 3.49. The molecular weight excluding hydrogens is 312 g/mol. The van der Waals surface area contributed by atoms with E-state index in [0.29, 0.717) is 0 Å². The quantitative estimate of drug-likeness (QED) is 0.694. The normalized spacial score (nSPS) is 15.0. The highest BCUT2D eigenvalue weighted by Gasteiger charge is 2.18. The van der Waals surface area contributed by atoms with Gasteiger partial charge in [-0.2, -0.15) is 0 Å². The molecule has 0 radical (unpaired) electrons. The van der Waals surface area contributed by atoms with Gasteiger partial charge in [0.25, 0.3) is 0 Å². The van der Waals surface area contributed by atoms with E-state index in [-0.39, 0.29) is 0 Å². The summed E-state index contributed by atoms with van der Waals surface area (Å²) in [6.07, 6.45) is 5.72. The lowest BCUT2D eigenvalue weighted by Gasteiger charge is -2.19. The summed E-state index contributed by atoms with van der Waals surface area (Å²) >= 11 is 0. The fraction of sp³-hybridized carbons (Fsp3) is 0.400. The van der Waals surface area contributed by atoms with Crippen LogP contribution in [-0.2, 0) is 25.8 Å². The molecule has 0 saturated carbocycles. The zero-order valence-electron chi connectivity index (χ0n) is 14.5. The zero-order chi connectivity index (χ0) is 16.9. The van der Waals surface area contributed by atoms with Crippen LogP contribution in [0, 0.1) is 0 Å². The maximum absolute atomic E-state index is 5.42. The van der Waals surface area contributed by atoms with Gasteiger partial charge in [0, 0.05) is 38.9 Å². The van der Waals surface area contributed by atoms with Gasteiger partial charge in [-0.1, -0.05) is 30.3 Å². The minimum atomic E-state index is 0.854. The van der Waals surface area contributed by atoms with Crippen LogP contribution >= 0.6 is 0 Å². The fourth-order valence-electron chi connectivity index (χ4n) is 3.49. The number of hydrogen-bond acceptors (Lipinski definition) is 4. The van der Waals surface area contributed by atoms with Crippen LogP contribution in [0.2, 0.25) is 0 Å². The average molecular weight is 336 g/mol. The van der Waals surface area contributed by atoms with E-state index in [1.54, 1.807) is 6.26 Å². The third kappa shape index (κ3) is 3.99. The van der Waals surface area contributed by atoms with Gasteiger partial charge in [-0.3, -0.25) is 0 Å². The molecule has 130 valence electrons. The van der Waals surface area contributed by atoms with Crippen molar-refractivity contribution in [2.24, 2.45) is 0 Å². The Balaban J connectivity index is 1.34. The average Bonchev–Trinajstić information content (AvgIpc) is 3.23. The number of aromatic nitrogens is 3. The molecule has 0 unspecified atom stereocenters. The van der Waals surface area contributed by atoms with Crippen molar-refractivity contribution in [1.82, 2.24) is 19.7 Å². The van der Waals surface area contributed by atoms with E-state index < -0.39 is 0 Å². The minimum absolute atomic E-state index is 0.854. The molecule has 0 saturated heterocycles. The molecule has 0 N–H and O–H groups in total. The maximum atomic E-state index is 5.42. The molecule has 0 atom stereocenters. The first-order chi connectivity index (χ1) is 12.4. The second kappa shape index (κ2) is 7.66. The summed E-state index contributed by atoms with van der Waals surface area (Å²) in [5, 5.41) is 8.88. The lowest BCUT2D eigenvalue weighted by molar-refractivity contribution is 0.272. The molecule has 4 rings (SSSR count). The molecule has 2 aromatic heterocycles. The molecule has 3 aromatic rings. The van der Waals surface area contributed by atoms with Crippen molar-refractivity contribution in [2.45, 2.75) is 32.2 Å². The highest BCUT2D eigenvalue weighted by Crippen LogP contribution is 2.14. The molecule has 0 amide bonds. The number of fused-ring (bicyclic) bond motifs is 1. The number of hydrogen-bond donors (Lipinski definition) is 0. The number of furan rings is 1. The molecule has 5 heteroatoms. The molecule has 0 fully saturated rings. The summed E-state index contributed by atoms with van der Waals surface area (Å²) in [6, 6.07) is 14.5. The predicted octanol–water partition coefficient (Wildman–Crippen LogP) is 2.95. The first-order valence-corrected chi connectivity index (χ1v) is 9.08. The SMILES string of the molecule is c1ccc(Cc2nnc3n2CCN(CCCc2ccco2)CC3)cc1. The summed E-state index contributed by atoms with van der Waals surface area (Å²) in [5.74, 6) is 3.29. The van der Waals surface area contributed by atoms with Gasteiger partial charge in [0.15, 0.2) is 0 Å². The number of aryl methyl sites for hydroxylation is 1. The summed E-state index contributed by atoms with van der Waals surface area (Å²) in [5.41, 5.74) is 1.29. The van der Waals surface area contributed by atoms with Gasteiger partial charge in [-0.15, -0.1) is 10.2 Å². The van der Waals surface area contributed by atoms with Crippen molar-refractivity contribution in [1.29, 1.82) is 0 Å². The first-order valence-electron chi connectivity index (χ1n) is 9.08. The van der Waals surface area contributed by atoms with Crippen LogP contribution < -0.4 is 0 Å². The number of rotatable bonds is 6. The standard InChI is InChI=1S/C20H24N4O/c1-2-6-17(7-3-1)16-20-22-21-19-10-12-23(13-14-24(19)20)11-4-8-18-9-5-15-25-18/h1-3,5-7,9,15H,4,8,10-14,16H2. The molecule has 1 aromatic carbocycles. The van der Waals surface area contributed by atoms with Crippen LogP contribution in [-0.4, -0.2) is 39.3 Å². The third-order valence-electron chi connectivity index (χ3n) is 4.88.